The quantitative estimate of drug-likeness (QED) is 0.908. The number of fused-ring (bicyclic) bond motifs is 1. The van der Waals surface area contributed by atoms with Crippen molar-refractivity contribution in [2.75, 3.05) is 6.54 Å². The molecule has 1 aliphatic rings. The van der Waals surface area contributed by atoms with Crippen molar-refractivity contribution in [3.63, 3.8) is 0 Å². The van der Waals surface area contributed by atoms with Gasteiger partial charge in [0.15, 0.2) is 0 Å². The van der Waals surface area contributed by atoms with Crippen molar-refractivity contribution in [2.45, 2.75) is 32.4 Å². The Bertz CT molecular complexity index is 435. The van der Waals surface area contributed by atoms with Crippen LogP contribution in [0.4, 0.5) is 0 Å². The van der Waals surface area contributed by atoms with Crippen molar-refractivity contribution in [3.05, 3.63) is 34.3 Å². The molecular formula is C13H18Cl2N2O. The Morgan fingerprint density at radius 2 is 2.28 bits per heavy atom. The Morgan fingerprint density at radius 3 is 2.94 bits per heavy atom. The number of carbonyl (C=O) groups is 1. The average Bonchev–Trinajstić information content (AvgIpc) is 2.28. The number of nitrogens with zero attached hydrogens (tertiary/aromatic N) is 1. The number of hydrogen-bond donors (Lipinski definition) is 1. The number of amides is 1. The minimum atomic E-state index is -0.0803. The lowest BCUT2D eigenvalue weighted by atomic mass is 9.99. The number of rotatable bonds is 2. The lowest BCUT2D eigenvalue weighted by Gasteiger charge is -2.30. The molecule has 2 rings (SSSR count). The van der Waals surface area contributed by atoms with Crippen LogP contribution in [0.15, 0.2) is 18.2 Å². The number of hydrogen-bond acceptors (Lipinski definition) is 2. The van der Waals surface area contributed by atoms with E-state index in [1.165, 1.54) is 5.56 Å². The van der Waals surface area contributed by atoms with Crippen LogP contribution in [-0.4, -0.2) is 23.4 Å². The maximum Gasteiger partial charge on any atom is 0.224 e. The first-order valence-corrected chi connectivity index (χ1v) is 6.25. The Labute approximate surface area is 119 Å². The van der Waals surface area contributed by atoms with E-state index in [1.54, 1.807) is 0 Å². The SMILES string of the molecule is CC(N)CC(=O)N1CCc2c(Cl)cccc2C1.Cl. The molecule has 1 aromatic carbocycles. The Hall–Kier alpha value is -0.770. The number of halogens is 2. The molecule has 1 aromatic rings. The first kappa shape index (κ1) is 15.3. The fourth-order valence-electron chi connectivity index (χ4n) is 2.18. The van der Waals surface area contributed by atoms with Crippen LogP contribution in [0.5, 0.6) is 0 Å². The summed E-state index contributed by atoms with van der Waals surface area (Å²) in [4.78, 5) is 13.8. The first-order chi connectivity index (χ1) is 8.08. The second-order valence-electron chi connectivity index (χ2n) is 4.62. The highest BCUT2D eigenvalue weighted by molar-refractivity contribution is 6.31. The summed E-state index contributed by atoms with van der Waals surface area (Å²) in [5.41, 5.74) is 7.98. The smallest absolute Gasteiger partial charge is 0.224 e. The normalized spacial score (nSPS) is 15.6. The molecular weight excluding hydrogens is 271 g/mol. The molecule has 1 amide bonds. The molecule has 1 unspecified atom stereocenters. The van der Waals surface area contributed by atoms with Gasteiger partial charge in [0.25, 0.3) is 0 Å². The number of nitrogens with two attached hydrogens (primary N) is 1. The summed E-state index contributed by atoms with van der Waals surface area (Å²) in [6.07, 6.45) is 1.25. The van der Waals surface area contributed by atoms with Crippen LogP contribution in [0.1, 0.15) is 24.5 Å². The highest BCUT2D eigenvalue weighted by Gasteiger charge is 2.22. The zero-order chi connectivity index (χ0) is 12.4. The zero-order valence-corrected chi connectivity index (χ0v) is 11.9. The lowest BCUT2D eigenvalue weighted by Crippen LogP contribution is -2.38. The molecule has 0 fully saturated rings. The van der Waals surface area contributed by atoms with Gasteiger partial charge in [-0.2, -0.15) is 0 Å². The summed E-state index contributed by atoms with van der Waals surface area (Å²) in [5, 5.41) is 0.807. The first-order valence-electron chi connectivity index (χ1n) is 5.87. The Morgan fingerprint density at radius 1 is 1.56 bits per heavy atom. The van der Waals surface area contributed by atoms with Crippen molar-refractivity contribution in [1.29, 1.82) is 0 Å². The molecule has 0 saturated carbocycles. The fraction of sp³-hybridized carbons (Fsp3) is 0.462. The van der Waals surface area contributed by atoms with E-state index in [0.29, 0.717) is 13.0 Å². The van der Waals surface area contributed by atoms with Crippen LogP contribution in [0.25, 0.3) is 0 Å². The molecule has 100 valence electrons. The highest BCUT2D eigenvalue weighted by atomic mass is 35.5. The van der Waals surface area contributed by atoms with Gasteiger partial charge in [-0.1, -0.05) is 23.7 Å². The van der Waals surface area contributed by atoms with Crippen LogP contribution in [0, 0.1) is 0 Å². The van der Waals surface area contributed by atoms with E-state index >= 15 is 0 Å². The maximum atomic E-state index is 11.9. The van der Waals surface area contributed by atoms with Gasteiger partial charge in [-0.25, -0.2) is 0 Å². The Balaban J connectivity index is 0.00000162. The van der Waals surface area contributed by atoms with Gasteiger partial charge in [-0.15, -0.1) is 12.4 Å². The monoisotopic (exact) mass is 288 g/mol. The van der Waals surface area contributed by atoms with Gasteiger partial charge in [0.1, 0.15) is 0 Å². The van der Waals surface area contributed by atoms with Crippen molar-refractivity contribution in [3.8, 4) is 0 Å². The topological polar surface area (TPSA) is 46.3 Å². The van der Waals surface area contributed by atoms with Crippen molar-refractivity contribution >= 4 is 29.9 Å². The summed E-state index contributed by atoms with van der Waals surface area (Å²) in [7, 11) is 0. The highest BCUT2D eigenvalue weighted by Crippen LogP contribution is 2.26. The molecule has 0 aliphatic carbocycles. The van der Waals surface area contributed by atoms with E-state index < -0.39 is 0 Å². The van der Waals surface area contributed by atoms with Crippen molar-refractivity contribution < 1.29 is 4.79 Å². The molecule has 0 aromatic heterocycles. The number of carbonyl (C=O) groups excluding carboxylic acids is 1. The molecule has 3 nitrogen and oxygen atoms in total. The van der Waals surface area contributed by atoms with E-state index in [2.05, 4.69) is 0 Å². The van der Waals surface area contributed by atoms with Crippen LogP contribution >= 0.6 is 24.0 Å². The molecule has 18 heavy (non-hydrogen) atoms. The van der Waals surface area contributed by atoms with Crippen LogP contribution in [0.3, 0.4) is 0 Å². The molecule has 1 heterocycles. The fourth-order valence-corrected chi connectivity index (χ4v) is 2.47. The molecule has 0 radical (unpaired) electrons. The maximum absolute atomic E-state index is 11.9. The third kappa shape index (κ3) is 3.37. The predicted molar refractivity (Wildman–Crippen MR) is 76.1 cm³/mol. The molecule has 0 bridgehead atoms. The average molecular weight is 289 g/mol. The zero-order valence-electron chi connectivity index (χ0n) is 10.4. The van der Waals surface area contributed by atoms with Crippen LogP contribution in [-0.2, 0) is 17.8 Å². The Kier molecular flexibility index (Phi) is 5.45. The molecule has 2 N–H and O–H groups in total. The minimum absolute atomic E-state index is 0. The van der Waals surface area contributed by atoms with E-state index in [-0.39, 0.29) is 24.4 Å². The van der Waals surface area contributed by atoms with Crippen LogP contribution in [0.2, 0.25) is 5.02 Å². The van der Waals surface area contributed by atoms with Gasteiger partial charge in [0.2, 0.25) is 5.91 Å². The standard InChI is InChI=1S/C13H17ClN2O.ClH/c1-9(15)7-13(17)16-6-5-11-10(8-16)3-2-4-12(11)14;/h2-4,9H,5-8,15H2,1H3;1H. The second kappa shape index (κ2) is 6.41. The van der Waals surface area contributed by atoms with Crippen molar-refractivity contribution in [1.82, 2.24) is 4.90 Å². The second-order valence-corrected chi connectivity index (χ2v) is 5.03. The third-order valence-corrected chi connectivity index (χ3v) is 3.41. The van der Waals surface area contributed by atoms with E-state index in [0.717, 1.165) is 23.6 Å². The van der Waals surface area contributed by atoms with Gasteiger partial charge >= 0.3 is 0 Å². The van der Waals surface area contributed by atoms with E-state index in [4.69, 9.17) is 17.3 Å². The van der Waals surface area contributed by atoms with Gasteiger partial charge in [0, 0.05) is 30.6 Å². The summed E-state index contributed by atoms with van der Waals surface area (Å²) in [6, 6.07) is 5.79. The molecule has 1 atom stereocenters. The van der Waals surface area contributed by atoms with Gasteiger partial charge in [0.05, 0.1) is 0 Å². The molecule has 0 spiro atoms. The number of benzene rings is 1. The largest absolute Gasteiger partial charge is 0.338 e. The van der Waals surface area contributed by atoms with Crippen molar-refractivity contribution in [2.24, 2.45) is 5.73 Å². The van der Waals surface area contributed by atoms with Gasteiger partial charge < -0.3 is 10.6 Å². The van der Waals surface area contributed by atoms with Crippen LogP contribution < -0.4 is 5.73 Å². The minimum Gasteiger partial charge on any atom is -0.338 e. The molecule has 5 heteroatoms. The van der Waals surface area contributed by atoms with E-state index in [9.17, 15) is 4.79 Å². The summed E-state index contributed by atoms with van der Waals surface area (Å²) < 4.78 is 0. The third-order valence-electron chi connectivity index (χ3n) is 3.06. The van der Waals surface area contributed by atoms with E-state index in [1.807, 2.05) is 30.0 Å². The lowest BCUT2D eigenvalue weighted by molar-refractivity contribution is -0.132. The predicted octanol–water partition coefficient (Wildman–Crippen LogP) is 2.38. The summed E-state index contributed by atoms with van der Waals surface area (Å²) in [5.74, 6) is 0.130. The molecule has 1 aliphatic heterocycles. The molecule has 0 saturated heterocycles. The summed E-state index contributed by atoms with van der Waals surface area (Å²) >= 11 is 6.13. The van der Waals surface area contributed by atoms with Gasteiger partial charge in [-0.05, 0) is 30.5 Å². The summed E-state index contributed by atoms with van der Waals surface area (Å²) in [6.45, 7) is 3.25. The van der Waals surface area contributed by atoms with Gasteiger partial charge in [-0.3, -0.25) is 4.79 Å².